The molecule has 1 fully saturated rings. The van der Waals surface area contributed by atoms with Gasteiger partial charge in [-0.25, -0.2) is 18.1 Å². The van der Waals surface area contributed by atoms with E-state index < -0.39 is 11.0 Å². The first-order valence-electron chi connectivity index (χ1n) is 10.8. The SMILES string of the molecule is CCNC(=O)Nc1ccc(S(=O)NC2CCC(C(=O)NCc3ccc(F)cc3)CC2)cc1. The summed E-state index contributed by atoms with van der Waals surface area (Å²) in [5.74, 6) is -0.360. The average molecular weight is 461 g/mol. The van der Waals surface area contributed by atoms with Gasteiger partial charge in [0.05, 0.1) is 4.90 Å². The molecule has 0 saturated heterocycles. The van der Waals surface area contributed by atoms with E-state index in [1.165, 1.54) is 12.1 Å². The fraction of sp³-hybridized carbons (Fsp3) is 0.391. The molecule has 2 aromatic rings. The first-order valence-corrected chi connectivity index (χ1v) is 11.9. The third-order valence-corrected chi connectivity index (χ3v) is 6.66. The largest absolute Gasteiger partial charge is 0.352 e. The molecule has 0 aliphatic heterocycles. The number of carbonyl (C=O) groups excluding carboxylic acids is 2. The van der Waals surface area contributed by atoms with Crippen LogP contribution in [0.25, 0.3) is 0 Å². The molecular weight excluding hydrogens is 431 g/mol. The monoisotopic (exact) mass is 460 g/mol. The summed E-state index contributed by atoms with van der Waals surface area (Å²) in [6, 6.07) is 12.8. The van der Waals surface area contributed by atoms with E-state index in [2.05, 4.69) is 20.7 Å². The second kappa shape index (κ2) is 11.7. The van der Waals surface area contributed by atoms with Gasteiger partial charge in [0.15, 0.2) is 0 Å². The van der Waals surface area contributed by atoms with E-state index in [1.807, 2.05) is 6.92 Å². The van der Waals surface area contributed by atoms with Crippen molar-refractivity contribution in [3.05, 3.63) is 59.9 Å². The standard InChI is InChI=1S/C23H29FN4O3S/c1-2-25-23(30)27-19-11-13-21(14-12-19)32(31)28-20-9-5-17(6-10-20)22(29)26-15-16-3-7-18(24)8-4-16/h3-4,7-8,11-14,17,20,28H,2,5-6,9-10,15H2,1H3,(H,26,29)(H2,25,27,30). The van der Waals surface area contributed by atoms with Gasteiger partial charge in [0.25, 0.3) is 0 Å². The van der Waals surface area contributed by atoms with Crippen LogP contribution in [0.15, 0.2) is 53.4 Å². The van der Waals surface area contributed by atoms with E-state index in [1.54, 1.807) is 36.4 Å². The van der Waals surface area contributed by atoms with Crippen LogP contribution >= 0.6 is 0 Å². The van der Waals surface area contributed by atoms with Crippen molar-refractivity contribution < 1.29 is 18.2 Å². The molecule has 4 N–H and O–H groups in total. The average Bonchev–Trinajstić information content (AvgIpc) is 2.79. The third kappa shape index (κ3) is 7.13. The third-order valence-electron chi connectivity index (χ3n) is 5.42. The number of nitrogens with one attached hydrogen (secondary N) is 4. The highest BCUT2D eigenvalue weighted by Gasteiger charge is 2.27. The zero-order chi connectivity index (χ0) is 22.9. The molecule has 0 bridgehead atoms. The lowest BCUT2D eigenvalue weighted by atomic mass is 9.86. The Morgan fingerprint density at radius 1 is 0.969 bits per heavy atom. The number of urea groups is 1. The fourth-order valence-electron chi connectivity index (χ4n) is 3.63. The van der Waals surface area contributed by atoms with Crippen LogP contribution in [0.4, 0.5) is 14.9 Å². The van der Waals surface area contributed by atoms with Gasteiger partial charge in [-0.15, -0.1) is 0 Å². The summed E-state index contributed by atoms with van der Waals surface area (Å²) >= 11 is 0. The van der Waals surface area contributed by atoms with E-state index in [9.17, 15) is 18.2 Å². The van der Waals surface area contributed by atoms with E-state index in [0.29, 0.717) is 23.7 Å². The van der Waals surface area contributed by atoms with Gasteiger partial charge in [0.1, 0.15) is 16.8 Å². The van der Waals surface area contributed by atoms with E-state index in [0.717, 1.165) is 31.2 Å². The number of hydrogen-bond donors (Lipinski definition) is 4. The smallest absolute Gasteiger partial charge is 0.319 e. The van der Waals surface area contributed by atoms with Gasteiger partial charge in [0, 0.05) is 30.7 Å². The first-order chi connectivity index (χ1) is 15.4. The minimum atomic E-state index is -1.37. The second-order valence-corrected chi connectivity index (χ2v) is 9.03. The molecule has 2 aromatic carbocycles. The number of hydrogen-bond acceptors (Lipinski definition) is 3. The molecule has 1 unspecified atom stereocenters. The second-order valence-electron chi connectivity index (χ2n) is 7.79. The Morgan fingerprint density at radius 2 is 1.62 bits per heavy atom. The minimum Gasteiger partial charge on any atom is -0.352 e. The van der Waals surface area contributed by atoms with Gasteiger partial charge < -0.3 is 16.0 Å². The molecule has 1 aliphatic rings. The van der Waals surface area contributed by atoms with Gasteiger partial charge >= 0.3 is 6.03 Å². The number of benzene rings is 2. The topological polar surface area (TPSA) is 99.3 Å². The number of amides is 3. The lowest BCUT2D eigenvalue weighted by Crippen LogP contribution is -2.39. The predicted octanol–water partition coefficient (Wildman–Crippen LogP) is 3.45. The molecule has 0 heterocycles. The van der Waals surface area contributed by atoms with Crippen molar-refractivity contribution in [2.75, 3.05) is 11.9 Å². The lowest BCUT2D eigenvalue weighted by molar-refractivity contribution is -0.126. The normalized spacial score (nSPS) is 19.1. The van der Waals surface area contributed by atoms with Crippen LogP contribution in [0, 0.1) is 11.7 Å². The Labute approximate surface area is 190 Å². The van der Waals surface area contributed by atoms with E-state index in [-0.39, 0.29) is 29.7 Å². The molecule has 1 aliphatic carbocycles. The number of halogens is 1. The van der Waals surface area contributed by atoms with Crippen LogP contribution in [0.3, 0.4) is 0 Å². The summed E-state index contributed by atoms with van der Waals surface area (Å²) in [7, 11) is -1.37. The Balaban J connectivity index is 1.41. The summed E-state index contributed by atoms with van der Waals surface area (Å²) in [5.41, 5.74) is 1.49. The van der Waals surface area contributed by atoms with Gasteiger partial charge in [-0.05, 0) is 74.6 Å². The van der Waals surface area contributed by atoms with E-state index >= 15 is 0 Å². The molecule has 1 atom stereocenters. The van der Waals surface area contributed by atoms with Crippen molar-refractivity contribution in [2.24, 2.45) is 5.92 Å². The fourth-order valence-corrected chi connectivity index (χ4v) is 4.68. The molecule has 0 radical (unpaired) electrons. The lowest BCUT2D eigenvalue weighted by Gasteiger charge is -2.28. The van der Waals surface area contributed by atoms with Crippen molar-refractivity contribution in [1.82, 2.24) is 15.4 Å². The van der Waals surface area contributed by atoms with Crippen molar-refractivity contribution in [2.45, 2.75) is 50.1 Å². The number of anilines is 1. The van der Waals surface area contributed by atoms with Crippen molar-refractivity contribution in [3.63, 3.8) is 0 Å². The molecule has 1 saturated carbocycles. The van der Waals surface area contributed by atoms with E-state index in [4.69, 9.17) is 0 Å². The van der Waals surface area contributed by atoms with Crippen molar-refractivity contribution in [3.8, 4) is 0 Å². The highest BCUT2D eigenvalue weighted by atomic mass is 32.2. The Bertz CT molecular complexity index is 929. The number of carbonyl (C=O) groups is 2. The Hall–Kier alpha value is -2.78. The van der Waals surface area contributed by atoms with Crippen LogP contribution in [0.1, 0.15) is 38.2 Å². The Morgan fingerprint density at radius 3 is 2.25 bits per heavy atom. The maximum atomic E-state index is 13.0. The zero-order valence-corrected chi connectivity index (χ0v) is 18.8. The molecule has 7 nitrogen and oxygen atoms in total. The highest BCUT2D eigenvalue weighted by Crippen LogP contribution is 2.25. The molecule has 0 aromatic heterocycles. The number of rotatable bonds is 8. The van der Waals surface area contributed by atoms with Gasteiger partial charge in [-0.2, -0.15) is 0 Å². The molecule has 0 spiro atoms. The minimum absolute atomic E-state index is 0.00379. The van der Waals surface area contributed by atoms with Gasteiger partial charge in [-0.3, -0.25) is 4.79 Å². The summed E-state index contributed by atoms with van der Waals surface area (Å²) in [5, 5.41) is 8.28. The quantitative estimate of drug-likeness (QED) is 0.486. The maximum Gasteiger partial charge on any atom is 0.319 e. The van der Waals surface area contributed by atoms with Crippen molar-refractivity contribution in [1.29, 1.82) is 0 Å². The summed E-state index contributed by atoms with van der Waals surface area (Å²) < 4.78 is 28.8. The highest BCUT2D eigenvalue weighted by molar-refractivity contribution is 7.83. The first kappa shape index (κ1) is 23.9. The summed E-state index contributed by atoms with van der Waals surface area (Å²) in [4.78, 5) is 24.6. The van der Waals surface area contributed by atoms with Crippen LogP contribution in [0.5, 0.6) is 0 Å². The van der Waals surface area contributed by atoms with Crippen LogP contribution < -0.4 is 20.7 Å². The maximum absolute atomic E-state index is 13.0. The van der Waals surface area contributed by atoms with Gasteiger partial charge in [0.2, 0.25) is 5.91 Å². The molecule has 3 amide bonds. The zero-order valence-electron chi connectivity index (χ0n) is 18.0. The summed E-state index contributed by atoms with van der Waals surface area (Å²) in [6.07, 6.45) is 2.97. The van der Waals surface area contributed by atoms with Gasteiger partial charge in [-0.1, -0.05) is 12.1 Å². The molecule has 3 rings (SSSR count). The van der Waals surface area contributed by atoms with Crippen LogP contribution in [-0.4, -0.2) is 28.7 Å². The molecular formula is C23H29FN4O3S. The molecule has 32 heavy (non-hydrogen) atoms. The molecule has 172 valence electrons. The molecule has 9 heteroatoms. The van der Waals surface area contributed by atoms with Crippen LogP contribution in [-0.2, 0) is 22.3 Å². The predicted molar refractivity (Wildman–Crippen MR) is 123 cm³/mol. The van der Waals surface area contributed by atoms with Crippen molar-refractivity contribution >= 4 is 28.6 Å². The Kier molecular flexibility index (Phi) is 8.75. The summed E-state index contributed by atoms with van der Waals surface area (Å²) in [6.45, 7) is 2.76. The van der Waals surface area contributed by atoms with Crippen LogP contribution in [0.2, 0.25) is 0 Å².